The van der Waals surface area contributed by atoms with Crippen LogP contribution in [0.15, 0.2) is 24.3 Å². The molecule has 6 heteroatoms. The zero-order valence-corrected chi connectivity index (χ0v) is 14.1. The van der Waals surface area contributed by atoms with Gasteiger partial charge in [-0.15, -0.1) is 0 Å². The standard InChI is InChI=1S/C18H26F3N3/c1-2-23-9-11-24(12-10-23)17-8-4-7-16(17)22-15-6-3-5-14(13-15)18(19,20)21/h3,5-6,13,16-17,22H,2,4,7-12H2,1H3/t16-,17-/m1/s1. The molecule has 1 aliphatic carbocycles. The lowest BCUT2D eigenvalue weighted by atomic mass is 10.1. The summed E-state index contributed by atoms with van der Waals surface area (Å²) < 4.78 is 38.6. The highest BCUT2D eigenvalue weighted by Gasteiger charge is 2.34. The van der Waals surface area contributed by atoms with Crippen molar-refractivity contribution in [2.75, 3.05) is 38.0 Å². The maximum absolute atomic E-state index is 12.9. The van der Waals surface area contributed by atoms with Crippen LogP contribution in [-0.2, 0) is 6.18 Å². The van der Waals surface area contributed by atoms with E-state index in [1.165, 1.54) is 12.1 Å². The highest BCUT2D eigenvalue weighted by atomic mass is 19.4. The van der Waals surface area contributed by atoms with E-state index in [9.17, 15) is 13.2 Å². The van der Waals surface area contributed by atoms with Gasteiger partial charge in [-0.05, 0) is 44.0 Å². The number of rotatable bonds is 4. The summed E-state index contributed by atoms with van der Waals surface area (Å²) in [6.45, 7) is 7.55. The van der Waals surface area contributed by atoms with Crippen LogP contribution in [0.1, 0.15) is 31.7 Å². The molecule has 1 aromatic carbocycles. The van der Waals surface area contributed by atoms with Crippen LogP contribution in [0.2, 0.25) is 0 Å². The summed E-state index contributed by atoms with van der Waals surface area (Å²) in [6, 6.07) is 6.24. The number of piperazine rings is 1. The van der Waals surface area contributed by atoms with E-state index in [0.717, 1.165) is 58.1 Å². The SMILES string of the molecule is CCN1CCN([C@@H]2CCC[C@H]2Nc2cccc(C(F)(F)F)c2)CC1. The number of alkyl halides is 3. The minimum atomic E-state index is -4.29. The average molecular weight is 341 g/mol. The van der Waals surface area contributed by atoms with Gasteiger partial charge < -0.3 is 10.2 Å². The van der Waals surface area contributed by atoms with Gasteiger partial charge in [-0.3, -0.25) is 4.90 Å². The van der Waals surface area contributed by atoms with Crippen molar-refractivity contribution < 1.29 is 13.2 Å². The Morgan fingerprint density at radius 3 is 2.54 bits per heavy atom. The summed E-state index contributed by atoms with van der Waals surface area (Å²) in [6.07, 6.45) is -1.00. The first kappa shape index (κ1) is 17.5. The Morgan fingerprint density at radius 1 is 1.12 bits per heavy atom. The van der Waals surface area contributed by atoms with Crippen LogP contribution in [0.5, 0.6) is 0 Å². The van der Waals surface area contributed by atoms with Crippen molar-refractivity contribution in [3.8, 4) is 0 Å². The number of nitrogens with one attached hydrogen (secondary N) is 1. The second-order valence-corrected chi connectivity index (χ2v) is 6.80. The van der Waals surface area contributed by atoms with Gasteiger partial charge in [-0.2, -0.15) is 13.2 Å². The first-order valence-corrected chi connectivity index (χ1v) is 8.87. The minimum absolute atomic E-state index is 0.238. The third-order valence-electron chi connectivity index (χ3n) is 5.34. The monoisotopic (exact) mass is 341 g/mol. The van der Waals surface area contributed by atoms with Crippen molar-refractivity contribution in [3.63, 3.8) is 0 Å². The third-order valence-corrected chi connectivity index (χ3v) is 5.34. The normalized spacial score (nSPS) is 26.7. The van der Waals surface area contributed by atoms with E-state index in [0.29, 0.717) is 11.7 Å². The summed E-state index contributed by atoms with van der Waals surface area (Å²) in [5.41, 5.74) is -0.00692. The Labute approximate surface area is 141 Å². The molecule has 1 N–H and O–H groups in total. The van der Waals surface area contributed by atoms with Crippen molar-refractivity contribution in [3.05, 3.63) is 29.8 Å². The average Bonchev–Trinajstić information content (AvgIpc) is 3.02. The maximum atomic E-state index is 12.9. The van der Waals surface area contributed by atoms with E-state index in [2.05, 4.69) is 22.0 Å². The van der Waals surface area contributed by atoms with Crippen LogP contribution in [0, 0.1) is 0 Å². The molecular formula is C18H26F3N3. The number of hydrogen-bond donors (Lipinski definition) is 1. The zero-order valence-electron chi connectivity index (χ0n) is 14.1. The largest absolute Gasteiger partial charge is 0.416 e. The van der Waals surface area contributed by atoms with E-state index in [1.807, 2.05) is 0 Å². The van der Waals surface area contributed by atoms with Gasteiger partial charge in [0.05, 0.1) is 5.56 Å². The van der Waals surface area contributed by atoms with E-state index >= 15 is 0 Å². The molecule has 24 heavy (non-hydrogen) atoms. The van der Waals surface area contributed by atoms with Crippen molar-refractivity contribution in [1.82, 2.24) is 9.80 Å². The smallest absolute Gasteiger partial charge is 0.381 e. The lowest BCUT2D eigenvalue weighted by molar-refractivity contribution is -0.137. The summed E-state index contributed by atoms with van der Waals surface area (Å²) in [5.74, 6) is 0. The molecular weight excluding hydrogens is 315 g/mol. The molecule has 0 aromatic heterocycles. The molecule has 3 rings (SSSR count). The Hall–Kier alpha value is -1.27. The molecule has 3 nitrogen and oxygen atoms in total. The molecule has 2 fully saturated rings. The van der Waals surface area contributed by atoms with Gasteiger partial charge in [0.25, 0.3) is 0 Å². The Balaban J connectivity index is 1.64. The van der Waals surface area contributed by atoms with Crippen LogP contribution < -0.4 is 5.32 Å². The quantitative estimate of drug-likeness (QED) is 0.901. The Bertz CT molecular complexity index is 539. The van der Waals surface area contributed by atoms with E-state index < -0.39 is 11.7 Å². The van der Waals surface area contributed by atoms with Crippen LogP contribution >= 0.6 is 0 Å². The van der Waals surface area contributed by atoms with E-state index in [4.69, 9.17) is 0 Å². The predicted octanol–water partition coefficient (Wildman–Crippen LogP) is 3.68. The molecule has 0 bridgehead atoms. The molecule has 2 aliphatic rings. The fraction of sp³-hybridized carbons (Fsp3) is 0.667. The second kappa shape index (κ2) is 7.31. The number of nitrogens with zero attached hydrogens (tertiary/aromatic N) is 2. The lowest BCUT2D eigenvalue weighted by Gasteiger charge is -2.40. The van der Waals surface area contributed by atoms with Gasteiger partial charge in [0.15, 0.2) is 0 Å². The number of hydrogen-bond acceptors (Lipinski definition) is 3. The van der Waals surface area contributed by atoms with Gasteiger partial charge >= 0.3 is 6.18 Å². The van der Waals surface area contributed by atoms with Gasteiger partial charge in [0, 0.05) is 44.0 Å². The first-order chi connectivity index (χ1) is 11.5. The van der Waals surface area contributed by atoms with Gasteiger partial charge in [0.1, 0.15) is 0 Å². The molecule has 1 aliphatic heterocycles. The number of benzene rings is 1. The second-order valence-electron chi connectivity index (χ2n) is 6.80. The Kier molecular flexibility index (Phi) is 5.35. The fourth-order valence-corrected chi connectivity index (χ4v) is 3.96. The van der Waals surface area contributed by atoms with E-state index in [1.54, 1.807) is 6.07 Å². The third kappa shape index (κ3) is 4.03. The van der Waals surface area contributed by atoms with Crippen molar-refractivity contribution in [2.45, 2.75) is 44.4 Å². The highest BCUT2D eigenvalue weighted by Crippen LogP contribution is 2.32. The molecule has 0 radical (unpaired) electrons. The number of halogens is 3. The van der Waals surface area contributed by atoms with Gasteiger partial charge in [-0.25, -0.2) is 0 Å². The predicted molar refractivity (Wildman–Crippen MR) is 90.2 cm³/mol. The molecule has 134 valence electrons. The van der Waals surface area contributed by atoms with Crippen LogP contribution in [-0.4, -0.2) is 54.6 Å². The van der Waals surface area contributed by atoms with Crippen LogP contribution in [0.4, 0.5) is 18.9 Å². The number of anilines is 1. The molecule has 0 unspecified atom stereocenters. The van der Waals surface area contributed by atoms with Crippen molar-refractivity contribution >= 4 is 5.69 Å². The number of likely N-dealkylation sites (N-methyl/N-ethyl adjacent to an activating group) is 1. The Morgan fingerprint density at radius 2 is 1.88 bits per heavy atom. The molecule has 0 spiro atoms. The van der Waals surface area contributed by atoms with Crippen molar-refractivity contribution in [2.24, 2.45) is 0 Å². The highest BCUT2D eigenvalue weighted by molar-refractivity contribution is 5.47. The summed E-state index contributed by atoms with van der Waals surface area (Å²) in [7, 11) is 0. The van der Waals surface area contributed by atoms with E-state index in [-0.39, 0.29) is 6.04 Å². The molecule has 2 atom stereocenters. The lowest BCUT2D eigenvalue weighted by Crippen LogP contribution is -2.53. The summed E-state index contributed by atoms with van der Waals surface area (Å²) in [5, 5.41) is 3.37. The van der Waals surface area contributed by atoms with Crippen molar-refractivity contribution in [1.29, 1.82) is 0 Å². The molecule has 1 saturated heterocycles. The summed E-state index contributed by atoms with van der Waals surface area (Å²) >= 11 is 0. The maximum Gasteiger partial charge on any atom is 0.416 e. The zero-order chi connectivity index (χ0) is 17.2. The first-order valence-electron chi connectivity index (χ1n) is 8.87. The minimum Gasteiger partial charge on any atom is -0.381 e. The van der Waals surface area contributed by atoms with Gasteiger partial charge in [-0.1, -0.05) is 13.0 Å². The topological polar surface area (TPSA) is 18.5 Å². The van der Waals surface area contributed by atoms with Crippen LogP contribution in [0.3, 0.4) is 0 Å². The summed E-state index contributed by atoms with van der Waals surface area (Å²) in [4.78, 5) is 4.96. The van der Waals surface area contributed by atoms with Gasteiger partial charge in [0.2, 0.25) is 0 Å². The fourth-order valence-electron chi connectivity index (χ4n) is 3.96. The molecule has 1 heterocycles. The molecule has 0 amide bonds. The molecule has 1 aromatic rings. The van der Waals surface area contributed by atoms with Crippen LogP contribution in [0.25, 0.3) is 0 Å². The molecule has 1 saturated carbocycles.